The zero-order chi connectivity index (χ0) is 4.12. The molecule has 0 heterocycles. The van der Waals surface area contributed by atoms with Crippen LogP contribution in [0.1, 0.15) is 13.8 Å². The van der Waals surface area contributed by atoms with E-state index in [0.717, 1.165) is 13.2 Å². The van der Waals surface area contributed by atoms with Gasteiger partial charge in [-0.2, -0.15) is 0 Å². The van der Waals surface area contributed by atoms with Crippen LogP contribution in [0, 0.1) is 0 Å². The normalized spacial score (nSPS) is 4.67. The van der Waals surface area contributed by atoms with Crippen molar-refractivity contribution < 1.29 is 26.5 Å². The SMILES string of the molecule is CCOCC.Cl.Cl.Cl.[Ti]. The first kappa shape index (κ1) is 31.2. The molecule has 0 fully saturated rings. The molecule has 0 saturated carbocycles. The van der Waals surface area contributed by atoms with E-state index in [-0.39, 0.29) is 58.9 Å². The summed E-state index contributed by atoms with van der Waals surface area (Å²) >= 11 is 0. The van der Waals surface area contributed by atoms with Crippen LogP contribution in [-0.2, 0) is 26.5 Å². The van der Waals surface area contributed by atoms with Gasteiger partial charge in [0.2, 0.25) is 0 Å². The molecule has 0 aliphatic carbocycles. The van der Waals surface area contributed by atoms with Gasteiger partial charge in [0.05, 0.1) is 0 Å². The molecule has 0 N–H and O–H groups in total. The van der Waals surface area contributed by atoms with Crippen LogP contribution in [0.4, 0.5) is 0 Å². The van der Waals surface area contributed by atoms with E-state index in [1.54, 1.807) is 0 Å². The van der Waals surface area contributed by atoms with Gasteiger partial charge in [-0.25, -0.2) is 0 Å². The Bertz CT molecular complexity index is 23.3. The quantitative estimate of drug-likeness (QED) is 0.663. The second-order valence-corrected chi connectivity index (χ2v) is 0.781. The van der Waals surface area contributed by atoms with Crippen molar-refractivity contribution in [2.75, 3.05) is 13.2 Å². The van der Waals surface area contributed by atoms with Gasteiger partial charge in [-0.15, -0.1) is 37.2 Å². The molecule has 0 unspecified atom stereocenters. The monoisotopic (exact) mass is 230 g/mol. The first-order valence-corrected chi connectivity index (χ1v) is 1.99. The van der Waals surface area contributed by atoms with Crippen molar-refractivity contribution in [1.29, 1.82) is 0 Å². The Morgan fingerprint density at radius 3 is 1.11 bits per heavy atom. The maximum Gasteiger partial charge on any atom is 0.0437 e. The third-order valence-corrected chi connectivity index (χ3v) is 0.408. The number of halogens is 3. The molecule has 0 aromatic heterocycles. The number of rotatable bonds is 2. The molecule has 0 atom stereocenters. The summed E-state index contributed by atoms with van der Waals surface area (Å²) in [6, 6.07) is 0. The van der Waals surface area contributed by atoms with Crippen molar-refractivity contribution in [3.05, 3.63) is 0 Å². The summed E-state index contributed by atoms with van der Waals surface area (Å²) in [6.07, 6.45) is 0. The second kappa shape index (κ2) is 33.7. The van der Waals surface area contributed by atoms with Crippen molar-refractivity contribution in [2.24, 2.45) is 0 Å². The van der Waals surface area contributed by atoms with Gasteiger partial charge in [0.15, 0.2) is 0 Å². The van der Waals surface area contributed by atoms with Gasteiger partial charge in [0.25, 0.3) is 0 Å². The topological polar surface area (TPSA) is 9.23 Å². The van der Waals surface area contributed by atoms with E-state index in [4.69, 9.17) is 4.74 Å². The molecule has 0 aliphatic rings. The van der Waals surface area contributed by atoms with Gasteiger partial charge in [0, 0.05) is 34.9 Å². The molecule has 0 aliphatic heterocycles. The van der Waals surface area contributed by atoms with Gasteiger partial charge < -0.3 is 4.74 Å². The van der Waals surface area contributed by atoms with Crippen LogP contribution in [0.5, 0.6) is 0 Å². The average molecular weight is 231 g/mol. The molecular weight excluding hydrogens is 218 g/mol. The van der Waals surface area contributed by atoms with Crippen LogP contribution in [0.15, 0.2) is 0 Å². The van der Waals surface area contributed by atoms with Crippen molar-refractivity contribution in [3.63, 3.8) is 0 Å². The fraction of sp³-hybridized carbons (Fsp3) is 1.00. The van der Waals surface area contributed by atoms with Crippen LogP contribution in [-0.4, -0.2) is 13.2 Å². The van der Waals surface area contributed by atoms with Gasteiger partial charge >= 0.3 is 0 Å². The molecule has 0 saturated heterocycles. The molecule has 5 heteroatoms. The molecule has 9 heavy (non-hydrogen) atoms. The van der Waals surface area contributed by atoms with E-state index in [0.29, 0.717) is 0 Å². The van der Waals surface area contributed by atoms with Crippen molar-refractivity contribution >= 4 is 37.2 Å². The number of ether oxygens (including phenoxy) is 1. The van der Waals surface area contributed by atoms with Crippen LogP contribution >= 0.6 is 37.2 Å². The molecule has 0 rings (SSSR count). The third-order valence-electron chi connectivity index (χ3n) is 0.408. The summed E-state index contributed by atoms with van der Waals surface area (Å²) in [5.41, 5.74) is 0. The summed E-state index contributed by atoms with van der Waals surface area (Å²) in [6.45, 7) is 5.67. The Kier molecular flexibility index (Phi) is 117. The molecule has 0 spiro atoms. The fourth-order valence-electron chi connectivity index (χ4n) is 0.204. The zero-order valence-electron chi connectivity index (χ0n) is 5.55. The van der Waals surface area contributed by atoms with Gasteiger partial charge in [-0.1, -0.05) is 0 Å². The van der Waals surface area contributed by atoms with E-state index >= 15 is 0 Å². The Hall–Kier alpha value is 1.54. The van der Waals surface area contributed by atoms with Gasteiger partial charge in [0.1, 0.15) is 0 Å². The van der Waals surface area contributed by atoms with Crippen LogP contribution < -0.4 is 0 Å². The Morgan fingerprint density at radius 2 is 1.11 bits per heavy atom. The Balaban J connectivity index is -0.0000000133. The summed E-state index contributed by atoms with van der Waals surface area (Å²) in [4.78, 5) is 0. The second-order valence-electron chi connectivity index (χ2n) is 0.781. The summed E-state index contributed by atoms with van der Waals surface area (Å²) in [5, 5.41) is 0. The Morgan fingerprint density at radius 1 is 0.889 bits per heavy atom. The fourth-order valence-corrected chi connectivity index (χ4v) is 0.204. The average Bonchev–Trinajstić information content (AvgIpc) is 1.41. The first-order valence-electron chi connectivity index (χ1n) is 1.99. The van der Waals surface area contributed by atoms with Gasteiger partial charge in [-0.05, 0) is 13.8 Å². The molecule has 0 bridgehead atoms. The number of hydrogen-bond donors (Lipinski definition) is 0. The maximum atomic E-state index is 4.83. The zero-order valence-corrected chi connectivity index (χ0v) is 9.56. The first-order chi connectivity index (χ1) is 2.41. The van der Waals surface area contributed by atoms with Crippen LogP contribution in [0.2, 0.25) is 0 Å². The predicted molar refractivity (Wildman–Crippen MR) is 43.9 cm³/mol. The smallest absolute Gasteiger partial charge is 0.0437 e. The summed E-state index contributed by atoms with van der Waals surface area (Å²) < 4.78 is 4.83. The molecule has 1 nitrogen and oxygen atoms in total. The summed E-state index contributed by atoms with van der Waals surface area (Å²) in [7, 11) is 0. The van der Waals surface area contributed by atoms with Crippen molar-refractivity contribution in [2.45, 2.75) is 13.8 Å². The molecule has 60 valence electrons. The minimum Gasteiger partial charge on any atom is -0.382 e. The number of hydrogen-bond acceptors (Lipinski definition) is 1. The Labute approximate surface area is 90.4 Å². The van der Waals surface area contributed by atoms with Crippen LogP contribution in [0.25, 0.3) is 0 Å². The third kappa shape index (κ3) is 43.2. The minimum absolute atomic E-state index is 0. The summed E-state index contributed by atoms with van der Waals surface area (Å²) in [5.74, 6) is 0. The van der Waals surface area contributed by atoms with E-state index in [1.165, 1.54) is 0 Å². The molecule has 0 radical (unpaired) electrons. The minimum atomic E-state index is 0. The van der Waals surface area contributed by atoms with Crippen LogP contribution in [0.3, 0.4) is 0 Å². The van der Waals surface area contributed by atoms with E-state index in [2.05, 4.69) is 0 Å². The molecular formula is C4H13Cl3OTi. The van der Waals surface area contributed by atoms with E-state index < -0.39 is 0 Å². The standard InChI is InChI=1S/C4H10O.3ClH.Ti/c1-3-5-4-2;;;;/h3-4H2,1-2H3;3*1H;. The molecule has 0 aromatic carbocycles. The molecule has 0 amide bonds. The van der Waals surface area contributed by atoms with Crippen molar-refractivity contribution in [1.82, 2.24) is 0 Å². The largest absolute Gasteiger partial charge is 0.382 e. The van der Waals surface area contributed by atoms with Crippen molar-refractivity contribution in [3.8, 4) is 0 Å². The van der Waals surface area contributed by atoms with E-state index in [9.17, 15) is 0 Å². The van der Waals surface area contributed by atoms with E-state index in [1.807, 2.05) is 13.8 Å². The maximum absolute atomic E-state index is 4.83. The predicted octanol–water partition coefficient (Wildman–Crippen LogP) is 2.31. The molecule has 0 aromatic rings. The van der Waals surface area contributed by atoms with Gasteiger partial charge in [-0.3, -0.25) is 0 Å².